The normalized spacial score (nSPS) is 12.6. The largest absolute Gasteiger partial charge is 0.496 e. The van der Waals surface area contributed by atoms with Gasteiger partial charge in [-0.25, -0.2) is 0 Å². The standard InChI is InChI=1S/C38H45N7O5/c1-24(2)33(45-36(48)31(21-25-13-6-4-7-14-25)44-34(46)26-15-8-5-9-16-26)37(49)43-30(19-12-20-41-38(39)40)35(47)42-28-22-27-17-10-11-18-29(27)32(23-28)50-3/h4-11,13-18,22-24,30-31,33H,12,19-21H2,1-3H3,(H,42,47)(H,43,49)(H,44,46)(H,45,48)(H4,39,40,41)/t30-,31-,33-/m0/s1. The van der Waals surface area contributed by atoms with Crippen LogP contribution in [0.25, 0.3) is 10.8 Å². The fourth-order valence-electron chi connectivity index (χ4n) is 5.46. The van der Waals surface area contributed by atoms with Crippen molar-refractivity contribution in [3.8, 4) is 5.75 Å². The molecule has 0 aliphatic heterocycles. The van der Waals surface area contributed by atoms with E-state index >= 15 is 0 Å². The number of ether oxygens (including phenoxy) is 1. The molecular formula is C38H45N7O5. The first kappa shape index (κ1) is 36.9. The topological polar surface area (TPSA) is 190 Å². The van der Waals surface area contributed by atoms with E-state index in [0.29, 0.717) is 23.4 Å². The van der Waals surface area contributed by atoms with E-state index in [1.54, 1.807) is 57.4 Å². The molecule has 8 N–H and O–H groups in total. The number of hydrogen-bond donors (Lipinski definition) is 6. The van der Waals surface area contributed by atoms with Gasteiger partial charge in [-0.3, -0.25) is 24.2 Å². The van der Waals surface area contributed by atoms with Gasteiger partial charge in [-0.2, -0.15) is 0 Å². The molecule has 0 fully saturated rings. The number of carbonyl (C=O) groups is 4. The number of methoxy groups -OCH3 is 1. The van der Waals surface area contributed by atoms with Crippen LogP contribution in [0.3, 0.4) is 0 Å². The number of aliphatic imine (C=N–C) groups is 1. The highest BCUT2D eigenvalue weighted by Gasteiger charge is 2.32. The lowest BCUT2D eigenvalue weighted by Crippen LogP contribution is -2.58. The van der Waals surface area contributed by atoms with Crippen molar-refractivity contribution >= 4 is 46.0 Å². The van der Waals surface area contributed by atoms with E-state index in [0.717, 1.165) is 16.3 Å². The third-order valence-electron chi connectivity index (χ3n) is 8.08. The summed E-state index contributed by atoms with van der Waals surface area (Å²) < 4.78 is 5.55. The van der Waals surface area contributed by atoms with Crippen LogP contribution in [0.1, 0.15) is 42.6 Å². The van der Waals surface area contributed by atoms with Crippen molar-refractivity contribution in [2.75, 3.05) is 19.0 Å². The number of fused-ring (bicyclic) bond motifs is 1. The van der Waals surface area contributed by atoms with Gasteiger partial charge < -0.3 is 37.5 Å². The molecule has 0 saturated heterocycles. The van der Waals surface area contributed by atoms with Crippen LogP contribution in [0.2, 0.25) is 0 Å². The van der Waals surface area contributed by atoms with Crippen molar-refractivity contribution < 1.29 is 23.9 Å². The number of guanidine groups is 1. The van der Waals surface area contributed by atoms with Gasteiger partial charge in [0.1, 0.15) is 23.9 Å². The van der Waals surface area contributed by atoms with Gasteiger partial charge in [0.2, 0.25) is 17.7 Å². The molecule has 4 aromatic carbocycles. The molecule has 12 heteroatoms. The van der Waals surface area contributed by atoms with Crippen molar-refractivity contribution in [2.24, 2.45) is 22.4 Å². The van der Waals surface area contributed by atoms with Crippen LogP contribution >= 0.6 is 0 Å². The Bertz CT molecular complexity index is 1790. The Morgan fingerprint density at radius 1 is 0.760 bits per heavy atom. The number of rotatable bonds is 16. The summed E-state index contributed by atoms with van der Waals surface area (Å²) in [4.78, 5) is 58.5. The third-order valence-corrected chi connectivity index (χ3v) is 8.08. The van der Waals surface area contributed by atoms with Crippen molar-refractivity contribution in [3.05, 3.63) is 108 Å². The molecular weight excluding hydrogens is 634 g/mol. The number of carbonyl (C=O) groups excluding carboxylic acids is 4. The van der Waals surface area contributed by atoms with Crippen LogP contribution in [0.4, 0.5) is 5.69 Å². The van der Waals surface area contributed by atoms with Crippen LogP contribution in [-0.2, 0) is 20.8 Å². The van der Waals surface area contributed by atoms with E-state index in [1.165, 1.54) is 0 Å². The van der Waals surface area contributed by atoms with Gasteiger partial charge in [-0.1, -0.05) is 86.6 Å². The number of nitrogens with one attached hydrogen (secondary N) is 4. The predicted octanol–water partition coefficient (Wildman–Crippen LogP) is 3.51. The maximum atomic E-state index is 13.8. The summed E-state index contributed by atoms with van der Waals surface area (Å²) >= 11 is 0. The Labute approximate surface area is 292 Å². The predicted molar refractivity (Wildman–Crippen MR) is 196 cm³/mol. The van der Waals surface area contributed by atoms with Crippen LogP contribution in [0, 0.1) is 5.92 Å². The number of anilines is 1. The fraction of sp³-hybridized carbons (Fsp3) is 0.289. The average Bonchev–Trinajstić information content (AvgIpc) is 3.11. The molecule has 0 aliphatic carbocycles. The highest BCUT2D eigenvalue weighted by atomic mass is 16.5. The minimum absolute atomic E-state index is 0.0784. The first-order valence-corrected chi connectivity index (χ1v) is 16.5. The van der Waals surface area contributed by atoms with Crippen LogP contribution < -0.4 is 37.5 Å². The smallest absolute Gasteiger partial charge is 0.251 e. The molecule has 4 amide bonds. The van der Waals surface area contributed by atoms with Crippen molar-refractivity contribution in [3.63, 3.8) is 0 Å². The first-order chi connectivity index (χ1) is 24.0. The van der Waals surface area contributed by atoms with Gasteiger partial charge in [0.25, 0.3) is 5.91 Å². The molecule has 0 saturated carbocycles. The van der Waals surface area contributed by atoms with Gasteiger partial charge >= 0.3 is 0 Å². The second kappa shape index (κ2) is 18.0. The van der Waals surface area contributed by atoms with Gasteiger partial charge in [-0.15, -0.1) is 0 Å². The minimum atomic E-state index is -1.02. The summed E-state index contributed by atoms with van der Waals surface area (Å²) in [5, 5.41) is 13.2. The molecule has 0 unspecified atom stereocenters. The second-order valence-corrected chi connectivity index (χ2v) is 12.2. The summed E-state index contributed by atoms with van der Waals surface area (Å²) in [5.41, 5.74) is 12.7. The molecule has 0 bridgehead atoms. The lowest BCUT2D eigenvalue weighted by Gasteiger charge is -2.27. The summed E-state index contributed by atoms with van der Waals surface area (Å²) in [6.07, 6.45) is 0.797. The highest BCUT2D eigenvalue weighted by molar-refractivity contribution is 6.02. The maximum Gasteiger partial charge on any atom is 0.251 e. The fourth-order valence-corrected chi connectivity index (χ4v) is 5.46. The van der Waals surface area contributed by atoms with Gasteiger partial charge in [0.15, 0.2) is 5.96 Å². The van der Waals surface area contributed by atoms with Crippen molar-refractivity contribution in [2.45, 2.75) is 51.2 Å². The number of nitrogens with two attached hydrogens (primary N) is 2. The van der Waals surface area contributed by atoms with Gasteiger partial charge in [0, 0.05) is 35.7 Å². The summed E-state index contributed by atoms with van der Waals surface area (Å²) in [7, 11) is 1.55. The van der Waals surface area contributed by atoms with E-state index in [4.69, 9.17) is 16.2 Å². The summed E-state index contributed by atoms with van der Waals surface area (Å²) in [5.74, 6) is -1.84. The van der Waals surface area contributed by atoms with Crippen molar-refractivity contribution in [1.82, 2.24) is 16.0 Å². The molecule has 0 aliphatic rings. The molecule has 50 heavy (non-hydrogen) atoms. The molecule has 12 nitrogen and oxygen atoms in total. The molecule has 3 atom stereocenters. The molecule has 0 radical (unpaired) electrons. The van der Waals surface area contributed by atoms with E-state index in [-0.39, 0.29) is 31.3 Å². The van der Waals surface area contributed by atoms with E-state index < -0.39 is 41.8 Å². The number of amides is 4. The number of nitrogens with zero attached hydrogens (tertiary/aromatic N) is 1. The minimum Gasteiger partial charge on any atom is -0.496 e. The first-order valence-electron chi connectivity index (χ1n) is 16.5. The maximum absolute atomic E-state index is 13.8. The molecule has 0 aromatic heterocycles. The Morgan fingerprint density at radius 2 is 1.42 bits per heavy atom. The molecule has 4 rings (SSSR count). The van der Waals surface area contributed by atoms with Crippen LogP contribution in [0.5, 0.6) is 5.75 Å². The molecule has 0 spiro atoms. The van der Waals surface area contributed by atoms with Crippen molar-refractivity contribution in [1.29, 1.82) is 0 Å². The van der Waals surface area contributed by atoms with Gasteiger partial charge in [0.05, 0.1) is 7.11 Å². The quantitative estimate of drug-likeness (QED) is 0.0593. The zero-order valence-corrected chi connectivity index (χ0v) is 28.5. The zero-order chi connectivity index (χ0) is 36.0. The highest BCUT2D eigenvalue weighted by Crippen LogP contribution is 2.30. The number of benzene rings is 4. The van der Waals surface area contributed by atoms with E-state index in [1.807, 2.05) is 60.7 Å². The Balaban J connectivity index is 1.53. The average molecular weight is 680 g/mol. The molecule has 0 heterocycles. The third kappa shape index (κ3) is 10.5. The van der Waals surface area contributed by atoms with Crippen LogP contribution in [0.15, 0.2) is 102 Å². The van der Waals surface area contributed by atoms with E-state index in [9.17, 15) is 19.2 Å². The van der Waals surface area contributed by atoms with Gasteiger partial charge in [-0.05, 0) is 47.9 Å². The number of hydrogen-bond acceptors (Lipinski definition) is 6. The molecule has 262 valence electrons. The second-order valence-electron chi connectivity index (χ2n) is 12.2. The Hall–Kier alpha value is -5.91. The monoisotopic (exact) mass is 679 g/mol. The Kier molecular flexibility index (Phi) is 13.3. The van der Waals surface area contributed by atoms with E-state index in [2.05, 4.69) is 26.3 Å². The van der Waals surface area contributed by atoms with Crippen LogP contribution in [-0.4, -0.2) is 61.4 Å². The zero-order valence-electron chi connectivity index (χ0n) is 28.5. The summed E-state index contributed by atoms with van der Waals surface area (Å²) in [6, 6.07) is 26.0. The lowest BCUT2D eigenvalue weighted by molar-refractivity contribution is -0.132. The Morgan fingerprint density at radius 3 is 2.08 bits per heavy atom. The SMILES string of the molecule is COc1cc(NC(=O)[C@H](CCCN=C(N)N)NC(=O)[C@@H](NC(=O)[C@H](Cc2ccccc2)NC(=O)c2ccccc2)C(C)C)cc2ccccc12. The lowest BCUT2D eigenvalue weighted by atomic mass is 10.00. The molecule has 4 aromatic rings. The summed E-state index contributed by atoms with van der Waals surface area (Å²) in [6.45, 7) is 3.82.